The van der Waals surface area contributed by atoms with Crippen molar-refractivity contribution < 1.29 is 22.7 Å². The number of halogens is 3. The van der Waals surface area contributed by atoms with Gasteiger partial charge in [-0.1, -0.05) is 42.5 Å². The van der Waals surface area contributed by atoms with Gasteiger partial charge in [-0.15, -0.1) is 0 Å². The number of hydrogen-bond donors (Lipinski definition) is 1. The number of benzene rings is 3. The predicted molar refractivity (Wildman–Crippen MR) is 171 cm³/mol. The molecule has 0 radical (unpaired) electrons. The molecule has 8 heteroatoms. The standard InChI is InChI=1S/C37H40F3N3O2/c1-25-23-31(28-14-18-41-19-15-28)24-26(2)34(25)36(44)42-20-13-27(3)43-21-16-30(17-22-43)35(45-33-7-5-4-6-8-33)29-9-11-32(12-10-29)37(38,39)40/h4-12,14-15,18-19,23-24,27,30,35H,13,16-17,20-22H2,1-3H3,(H,42,44)/t27-,35?/m1/s1. The highest BCUT2D eigenvalue weighted by molar-refractivity contribution is 5.97. The van der Waals surface area contributed by atoms with Gasteiger partial charge in [0.25, 0.3) is 5.91 Å². The van der Waals surface area contributed by atoms with Crippen LogP contribution in [0.25, 0.3) is 11.1 Å². The summed E-state index contributed by atoms with van der Waals surface area (Å²) in [7, 11) is 0. The quantitative estimate of drug-likeness (QED) is 0.195. The number of nitrogens with one attached hydrogen (secondary N) is 1. The van der Waals surface area contributed by atoms with Crippen LogP contribution in [-0.2, 0) is 6.18 Å². The Morgan fingerprint density at radius 3 is 2.16 bits per heavy atom. The number of carbonyl (C=O) groups is 1. The van der Waals surface area contributed by atoms with E-state index in [1.807, 2.05) is 68.4 Å². The van der Waals surface area contributed by atoms with E-state index >= 15 is 0 Å². The van der Waals surface area contributed by atoms with Crippen molar-refractivity contribution in [2.75, 3.05) is 19.6 Å². The summed E-state index contributed by atoms with van der Waals surface area (Å²) in [6, 6.07) is 23.1. The molecule has 3 aromatic carbocycles. The molecule has 4 aromatic rings. The maximum Gasteiger partial charge on any atom is 0.416 e. The van der Waals surface area contributed by atoms with E-state index in [9.17, 15) is 18.0 Å². The van der Waals surface area contributed by atoms with Gasteiger partial charge >= 0.3 is 6.18 Å². The molecule has 1 aromatic heterocycles. The van der Waals surface area contributed by atoms with E-state index in [2.05, 4.69) is 22.1 Å². The molecule has 1 aliphatic heterocycles. The van der Waals surface area contributed by atoms with Gasteiger partial charge in [-0.2, -0.15) is 13.2 Å². The largest absolute Gasteiger partial charge is 0.485 e. The number of piperidine rings is 1. The first-order valence-corrected chi connectivity index (χ1v) is 15.5. The van der Waals surface area contributed by atoms with Crippen molar-refractivity contribution in [3.05, 3.63) is 119 Å². The van der Waals surface area contributed by atoms with Gasteiger partial charge in [-0.05, 0) is 117 Å². The molecule has 0 aliphatic carbocycles. The smallest absolute Gasteiger partial charge is 0.416 e. The topological polar surface area (TPSA) is 54.5 Å². The second-order valence-electron chi connectivity index (χ2n) is 12.0. The van der Waals surface area contributed by atoms with Crippen LogP contribution < -0.4 is 10.1 Å². The van der Waals surface area contributed by atoms with Crippen LogP contribution in [0.1, 0.15) is 64.9 Å². The summed E-state index contributed by atoms with van der Waals surface area (Å²) >= 11 is 0. The van der Waals surface area contributed by atoms with Gasteiger partial charge in [0, 0.05) is 36.5 Å². The van der Waals surface area contributed by atoms with E-state index < -0.39 is 11.7 Å². The molecule has 1 saturated heterocycles. The summed E-state index contributed by atoms with van der Waals surface area (Å²) in [5.74, 6) is 0.798. The summed E-state index contributed by atoms with van der Waals surface area (Å²) in [5, 5.41) is 3.13. The molecule has 1 unspecified atom stereocenters. The van der Waals surface area contributed by atoms with Crippen molar-refractivity contribution in [2.45, 2.75) is 58.4 Å². The second kappa shape index (κ2) is 14.3. The van der Waals surface area contributed by atoms with Crippen LogP contribution in [0.3, 0.4) is 0 Å². The first kappa shape index (κ1) is 32.2. The van der Waals surface area contributed by atoms with Crippen molar-refractivity contribution in [1.82, 2.24) is 15.2 Å². The molecule has 1 amide bonds. The number of likely N-dealkylation sites (tertiary alicyclic amines) is 1. The lowest BCUT2D eigenvalue weighted by Gasteiger charge is -2.39. The maximum absolute atomic E-state index is 13.2. The van der Waals surface area contributed by atoms with Crippen molar-refractivity contribution >= 4 is 5.91 Å². The maximum atomic E-state index is 13.2. The summed E-state index contributed by atoms with van der Waals surface area (Å²) in [4.78, 5) is 19.7. The summed E-state index contributed by atoms with van der Waals surface area (Å²) in [5.41, 5.74) is 4.82. The highest BCUT2D eigenvalue weighted by Gasteiger charge is 2.33. The van der Waals surface area contributed by atoms with Gasteiger partial charge in [0.05, 0.1) is 5.56 Å². The van der Waals surface area contributed by atoms with Gasteiger partial charge in [-0.25, -0.2) is 0 Å². The molecule has 2 atom stereocenters. The SMILES string of the molecule is Cc1cc(-c2ccncc2)cc(C)c1C(=O)NCC[C@@H](C)N1CCC(C(Oc2ccccc2)c2ccc(C(F)(F)F)cc2)CC1. The van der Waals surface area contributed by atoms with Gasteiger partial charge in [-0.3, -0.25) is 9.78 Å². The minimum absolute atomic E-state index is 0.0605. The van der Waals surface area contributed by atoms with E-state index in [1.54, 1.807) is 24.5 Å². The van der Waals surface area contributed by atoms with Crippen LogP contribution in [-0.4, -0.2) is 41.5 Å². The molecule has 5 rings (SSSR count). The molecule has 1 aliphatic rings. The highest BCUT2D eigenvalue weighted by atomic mass is 19.4. The third-order valence-corrected chi connectivity index (χ3v) is 8.82. The number of pyridine rings is 1. The van der Waals surface area contributed by atoms with Crippen LogP contribution in [0.4, 0.5) is 13.2 Å². The molecule has 236 valence electrons. The van der Waals surface area contributed by atoms with Crippen molar-refractivity contribution in [1.29, 1.82) is 0 Å². The van der Waals surface area contributed by atoms with Crippen LogP contribution in [0.15, 0.2) is 91.3 Å². The third kappa shape index (κ3) is 8.11. The Morgan fingerprint density at radius 2 is 1.56 bits per heavy atom. The zero-order valence-corrected chi connectivity index (χ0v) is 26.0. The Morgan fingerprint density at radius 1 is 0.933 bits per heavy atom. The number of amides is 1. The molecular weight excluding hydrogens is 575 g/mol. The van der Waals surface area contributed by atoms with Crippen LogP contribution in [0.5, 0.6) is 5.75 Å². The number of hydrogen-bond acceptors (Lipinski definition) is 4. The average molecular weight is 616 g/mol. The van der Waals surface area contributed by atoms with E-state index in [0.29, 0.717) is 17.9 Å². The summed E-state index contributed by atoms with van der Waals surface area (Å²) < 4.78 is 46.0. The summed E-state index contributed by atoms with van der Waals surface area (Å²) in [6.45, 7) is 8.39. The van der Waals surface area contributed by atoms with E-state index in [4.69, 9.17) is 4.74 Å². The average Bonchev–Trinajstić information content (AvgIpc) is 3.04. The van der Waals surface area contributed by atoms with Crippen LogP contribution >= 0.6 is 0 Å². The van der Waals surface area contributed by atoms with Gasteiger partial charge in [0.1, 0.15) is 11.9 Å². The molecule has 1 N–H and O–H groups in total. The minimum Gasteiger partial charge on any atom is -0.485 e. The van der Waals surface area contributed by atoms with Gasteiger partial charge in [0.2, 0.25) is 0 Å². The molecule has 0 saturated carbocycles. The van der Waals surface area contributed by atoms with Crippen molar-refractivity contribution in [3.8, 4) is 16.9 Å². The fraction of sp³-hybridized carbons (Fsp3) is 0.351. The fourth-order valence-corrected chi connectivity index (χ4v) is 6.31. The summed E-state index contributed by atoms with van der Waals surface area (Å²) in [6.07, 6.45) is 1.34. The highest BCUT2D eigenvalue weighted by Crippen LogP contribution is 2.37. The van der Waals surface area contributed by atoms with Gasteiger partial charge < -0.3 is 15.0 Å². The molecule has 2 heterocycles. The zero-order chi connectivity index (χ0) is 32.0. The van der Waals surface area contributed by atoms with Crippen molar-refractivity contribution in [2.24, 2.45) is 5.92 Å². The van der Waals surface area contributed by atoms with E-state index in [-0.39, 0.29) is 24.0 Å². The number of rotatable bonds is 10. The Kier molecular flexibility index (Phi) is 10.2. The van der Waals surface area contributed by atoms with Crippen LogP contribution in [0, 0.1) is 19.8 Å². The van der Waals surface area contributed by atoms with Crippen molar-refractivity contribution in [3.63, 3.8) is 0 Å². The predicted octanol–water partition coefficient (Wildman–Crippen LogP) is 8.42. The molecule has 45 heavy (non-hydrogen) atoms. The van der Waals surface area contributed by atoms with Crippen LogP contribution in [0.2, 0.25) is 0 Å². The number of para-hydroxylation sites is 1. The zero-order valence-electron chi connectivity index (χ0n) is 26.0. The number of carbonyl (C=O) groups excluding carboxylic acids is 1. The lowest BCUT2D eigenvalue weighted by Crippen LogP contribution is -2.43. The second-order valence-corrected chi connectivity index (χ2v) is 12.0. The molecule has 0 spiro atoms. The number of alkyl halides is 3. The number of ether oxygens (including phenoxy) is 1. The Bertz CT molecular complexity index is 1530. The molecule has 0 bridgehead atoms. The monoisotopic (exact) mass is 615 g/mol. The lowest BCUT2D eigenvalue weighted by atomic mass is 9.86. The number of aromatic nitrogens is 1. The first-order chi connectivity index (χ1) is 21.6. The molecule has 1 fully saturated rings. The fourth-order valence-electron chi connectivity index (χ4n) is 6.31. The minimum atomic E-state index is -4.38. The first-order valence-electron chi connectivity index (χ1n) is 15.5. The van der Waals surface area contributed by atoms with Gasteiger partial charge in [0.15, 0.2) is 0 Å². The Balaban J connectivity index is 1.16. The molecule has 5 nitrogen and oxygen atoms in total. The molecular formula is C37H40F3N3O2. The van der Waals surface area contributed by atoms with E-state index in [0.717, 1.165) is 72.3 Å². The third-order valence-electron chi connectivity index (χ3n) is 8.82. The lowest BCUT2D eigenvalue weighted by molar-refractivity contribution is -0.137. The van der Waals surface area contributed by atoms with E-state index in [1.165, 1.54) is 0 Å². The number of aryl methyl sites for hydroxylation is 2. The normalized spacial score (nSPS) is 15.8. The number of nitrogens with zero attached hydrogens (tertiary/aromatic N) is 2. The Hall–Kier alpha value is -4.17. The Labute approximate surface area is 263 Å².